The van der Waals surface area contributed by atoms with Crippen LogP contribution in [0.15, 0.2) is 0 Å². The smallest absolute Gasteiger partial charge is 0.260 e. The molecule has 2 saturated heterocycles. The molecule has 0 aromatic carbocycles. The molecule has 0 unspecified atom stereocenters. The first-order valence-corrected chi connectivity index (χ1v) is 10.7. The van der Waals surface area contributed by atoms with Gasteiger partial charge in [0.1, 0.15) is 18.2 Å². The Bertz CT molecular complexity index is 664. The highest BCUT2D eigenvalue weighted by Crippen LogP contribution is 2.24. The Labute approximate surface area is 177 Å². The van der Waals surface area contributed by atoms with Crippen LogP contribution in [0.5, 0.6) is 0 Å². The molecule has 170 valence electrons. The molecule has 2 aliphatic rings. The third-order valence-corrected chi connectivity index (χ3v) is 5.86. The van der Waals surface area contributed by atoms with Crippen molar-refractivity contribution in [2.24, 2.45) is 17.4 Å². The van der Waals surface area contributed by atoms with Gasteiger partial charge in [0.15, 0.2) is 0 Å². The molecule has 0 saturated carbocycles. The van der Waals surface area contributed by atoms with Gasteiger partial charge in [-0.2, -0.15) is 0 Å². The molecule has 0 bridgehead atoms. The number of hydrogen-bond donors (Lipinski definition) is 4. The summed E-state index contributed by atoms with van der Waals surface area (Å²) >= 11 is 0. The standard InChI is InChI=1S/C20H35N5O5/c1-11(2)10-13(21)16(26)20(30)25(12(3)17(22)27)19(29)15-7-5-9-24(15)18(28)14-6-4-8-23-14/h11-16,23,26H,4-10,21H2,1-3H3,(H2,22,27)/t12-,13-,14-,15-,16+/m0/s1. The van der Waals surface area contributed by atoms with Crippen LogP contribution in [0.3, 0.4) is 0 Å². The lowest BCUT2D eigenvalue weighted by Gasteiger charge is -2.34. The minimum absolute atomic E-state index is 0.127. The lowest BCUT2D eigenvalue weighted by Crippen LogP contribution is -2.61. The topological polar surface area (TPSA) is 159 Å². The highest BCUT2D eigenvalue weighted by molar-refractivity contribution is 6.04. The third kappa shape index (κ3) is 5.35. The molecule has 0 aliphatic carbocycles. The van der Waals surface area contributed by atoms with E-state index in [2.05, 4.69) is 5.32 Å². The van der Waals surface area contributed by atoms with Crippen LogP contribution in [-0.2, 0) is 19.2 Å². The quantitative estimate of drug-likeness (QED) is 0.376. The predicted molar refractivity (Wildman–Crippen MR) is 110 cm³/mol. The summed E-state index contributed by atoms with van der Waals surface area (Å²) in [5.74, 6) is -2.60. The van der Waals surface area contributed by atoms with Gasteiger partial charge in [-0.15, -0.1) is 0 Å². The maximum absolute atomic E-state index is 13.3. The van der Waals surface area contributed by atoms with E-state index in [1.807, 2.05) is 13.8 Å². The number of imide groups is 1. The van der Waals surface area contributed by atoms with Crippen molar-refractivity contribution in [3.8, 4) is 0 Å². The molecule has 0 aromatic heterocycles. The van der Waals surface area contributed by atoms with Crippen LogP contribution in [0.4, 0.5) is 0 Å². The number of rotatable bonds is 8. The summed E-state index contributed by atoms with van der Waals surface area (Å²) in [6, 6.07) is -3.38. The van der Waals surface area contributed by atoms with Crippen LogP contribution >= 0.6 is 0 Å². The number of likely N-dealkylation sites (tertiary alicyclic amines) is 1. The first-order valence-electron chi connectivity index (χ1n) is 10.7. The number of hydrogen-bond acceptors (Lipinski definition) is 7. The van der Waals surface area contributed by atoms with E-state index in [9.17, 15) is 24.3 Å². The normalized spacial score (nSPS) is 24.5. The number of aliphatic hydroxyl groups is 1. The second-order valence-electron chi connectivity index (χ2n) is 8.70. The van der Waals surface area contributed by atoms with Gasteiger partial charge in [0.25, 0.3) is 11.8 Å². The summed E-state index contributed by atoms with van der Waals surface area (Å²) < 4.78 is 0. The van der Waals surface area contributed by atoms with Crippen molar-refractivity contribution in [3.63, 3.8) is 0 Å². The lowest BCUT2D eigenvalue weighted by molar-refractivity contribution is -0.160. The van der Waals surface area contributed by atoms with Crippen molar-refractivity contribution in [2.75, 3.05) is 13.1 Å². The summed E-state index contributed by atoms with van der Waals surface area (Å²) in [5, 5.41) is 13.6. The predicted octanol–water partition coefficient (Wildman–Crippen LogP) is -1.31. The van der Waals surface area contributed by atoms with Crippen LogP contribution in [0.2, 0.25) is 0 Å². The first kappa shape index (κ1) is 24.2. The minimum Gasteiger partial charge on any atom is -0.382 e. The Morgan fingerprint density at radius 3 is 2.37 bits per heavy atom. The van der Waals surface area contributed by atoms with E-state index < -0.39 is 42.0 Å². The monoisotopic (exact) mass is 425 g/mol. The fourth-order valence-corrected chi connectivity index (χ4v) is 4.16. The third-order valence-electron chi connectivity index (χ3n) is 5.86. The molecule has 30 heavy (non-hydrogen) atoms. The fraction of sp³-hybridized carbons (Fsp3) is 0.800. The van der Waals surface area contributed by atoms with Gasteiger partial charge in [-0.25, -0.2) is 0 Å². The highest BCUT2D eigenvalue weighted by atomic mass is 16.3. The summed E-state index contributed by atoms with van der Waals surface area (Å²) in [6.07, 6.45) is 1.27. The van der Waals surface area contributed by atoms with E-state index in [1.165, 1.54) is 11.8 Å². The van der Waals surface area contributed by atoms with Crippen molar-refractivity contribution in [1.29, 1.82) is 0 Å². The van der Waals surface area contributed by atoms with Crippen molar-refractivity contribution >= 4 is 23.6 Å². The minimum atomic E-state index is -1.65. The molecule has 10 heteroatoms. The molecular formula is C20H35N5O5. The van der Waals surface area contributed by atoms with Gasteiger partial charge < -0.3 is 26.8 Å². The molecule has 0 spiro atoms. The van der Waals surface area contributed by atoms with Crippen LogP contribution in [-0.4, -0.2) is 81.9 Å². The molecule has 2 aliphatic heterocycles. The van der Waals surface area contributed by atoms with Gasteiger partial charge in [-0.3, -0.25) is 24.1 Å². The van der Waals surface area contributed by atoms with Gasteiger partial charge in [0, 0.05) is 12.6 Å². The van der Waals surface area contributed by atoms with Crippen molar-refractivity contribution in [1.82, 2.24) is 15.1 Å². The summed E-state index contributed by atoms with van der Waals surface area (Å²) in [5.41, 5.74) is 11.3. The summed E-state index contributed by atoms with van der Waals surface area (Å²) in [7, 11) is 0. The fourth-order valence-electron chi connectivity index (χ4n) is 4.16. The number of nitrogens with zero attached hydrogens (tertiary/aromatic N) is 2. The Hall–Kier alpha value is -2.04. The SMILES string of the molecule is CC(C)C[C@H](N)[C@@H](O)C(=O)N(C(=O)[C@@H]1CCCN1C(=O)[C@@H]1CCCN1)[C@@H](C)C(N)=O. The van der Waals surface area contributed by atoms with E-state index in [-0.39, 0.29) is 17.9 Å². The zero-order valence-electron chi connectivity index (χ0n) is 18.0. The zero-order chi connectivity index (χ0) is 22.6. The molecule has 5 atom stereocenters. The lowest BCUT2D eigenvalue weighted by atomic mass is 9.98. The molecule has 4 amide bonds. The van der Waals surface area contributed by atoms with E-state index >= 15 is 0 Å². The van der Waals surface area contributed by atoms with E-state index in [0.717, 1.165) is 13.0 Å². The molecule has 2 fully saturated rings. The van der Waals surface area contributed by atoms with Crippen LogP contribution in [0, 0.1) is 5.92 Å². The van der Waals surface area contributed by atoms with E-state index in [4.69, 9.17) is 11.5 Å². The number of nitrogens with one attached hydrogen (secondary N) is 1. The van der Waals surface area contributed by atoms with Gasteiger partial charge >= 0.3 is 0 Å². The van der Waals surface area contributed by atoms with Crippen LogP contribution < -0.4 is 16.8 Å². The van der Waals surface area contributed by atoms with Gasteiger partial charge in [0.05, 0.1) is 6.04 Å². The van der Waals surface area contributed by atoms with Gasteiger partial charge in [0.2, 0.25) is 11.8 Å². The number of carbonyl (C=O) groups is 4. The maximum atomic E-state index is 13.3. The van der Waals surface area contributed by atoms with Crippen molar-refractivity contribution in [3.05, 3.63) is 0 Å². The number of primary amides is 1. The number of aliphatic hydroxyl groups excluding tert-OH is 1. The number of amides is 4. The Morgan fingerprint density at radius 1 is 1.17 bits per heavy atom. The molecule has 0 aromatic rings. The van der Waals surface area contributed by atoms with E-state index in [1.54, 1.807) is 0 Å². The van der Waals surface area contributed by atoms with Gasteiger partial charge in [-0.05, 0) is 51.5 Å². The maximum Gasteiger partial charge on any atom is 0.260 e. The second kappa shape index (κ2) is 10.3. The Balaban J connectivity index is 2.24. The molecule has 0 radical (unpaired) electrons. The number of nitrogens with two attached hydrogens (primary N) is 2. The molecule has 6 N–H and O–H groups in total. The molecule has 2 rings (SSSR count). The van der Waals surface area contributed by atoms with E-state index in [0.29, 0.717) is 37.1 Å². The summed E-state index contributed by atoms with van der Waals surface area (Å²) in [6.45, 7) is 6.26. The average molecular weight is 426 g/mol. The molecule has 10 nitrogen and oxygen atoms in total. The highest BCUT2D eigenvalue weighted by Gasteiger charge is 2.44. The number of carbonyl (C=O) groups excluding carboxylic acids is 4. The first-order chi connectivity index (χ1) is 14.1. The van der Waals surface area contributed by atoms with Crippen molar-refractivity contribution in [2.45, 2.75) is 83.1 Å². The average Bonchev–Trinajstić information content (AvgIpc) is 3.37. The molecular weight excluding hydrogens is 390 g/mol. The second-order valence-corrected chi connectivity index (χ2v) is 8.70. The van der Waals surface area contributed by atoms with Gasteiger partial charge in [-0.1, -0.05) is 13.8 Å². The largest absolute Gasteiger partial charge is 0.382 e. The van der Waals surface area contributed by atoms with Crippen LogP contribution in [0.1, 0.15) is 52.9 Å². The summed E-state index contributed by atoms with van der Waals surface area (Å²) in [4.78, 5) is 53.2. The van der Waals surface area contributed by atoms with Crippen LogP contribution in [0.25, 0.3) is 0 Å². The zero-order valence-corrected chi connectivity index (χ0v) is 18.0. The Kier molecular flexibility index (Phi) is 8.34. The van der Waals surface area contributed by atoms with Crippen molar-refractivity contribution < 1.29 is 24.3 Å². The Morgan fingerprint density at radius 2 is 1.83 bits per heavy atom. The molecule has 2 heterocycles.